The Balaban J connectivity index is 2.15. The number of ether oxygens (including phenoxy) is 1. The fourth-order valence-corrected chi connectivity index (χ4v) is 5.82. The second kappa shape index (κ2) is 5.77. The molecule has 128 valence electrons. The molecule has 0 aromatic heterocycles. The maximum absolute atomic E-state index is 11.2. The monoisotopic (exact) mass is 318 g/mol. The smallest absolute Gasteiger partial charge is 0.146 e. The zero-order chi connectivity index (χ0) is 16.9. The van der Waals surface area contributed by atoms with Crippen molar-refractivity contribution in [2.24, 2.45) is 35.0 Å². The highest BCUT2D eigenvalue weighted by atomic mass is 16.5. The van der Waals surface area contributed by atoms with Crippen molar-refractivity contribution in [2.75, 3.05) is 0 Å². The number of rotatable bonds is 3. The van der Waals surface area contributed by atoms with Crippen LogP contribution in [0.4, 0.5) is 0 Å². The summed E-state index contributed by atoms with van der Waals surface area (Å²) in [6.07, 6.45) is 6.37. The summed E-state index contributed by atoms with van der Waals surface area (Å²) in [5.41, 5.74) is 0.962. The molecule has 0 aromatic rings. The number of hydrogen-bond acceptors (Lipinski definition) is 3. The van der Waals surface area contributed by atoms with Gasteiger partial charge in [0.1, 0.15) is 18.1 Å². The van der Waals surface area contributed by atoms with Crippen LogP contribution in [0.2, 0.25) is 0 Å². The third kappa shape index (κ3) is 2.23. The quantitative estimate of drug-likeness (QED) is 0.490. The lowest BCUT2D eigenvalue weighted by Crippen LogP contribution is -2.51. The van der Waals surface area contributed by atoms with E-state index in [0.717, 1.165) is 30.5 Å². The first-order chi connectivity index (χ1) is 10.9. The Bertz CT molecular complexity index is 549. The number of fused-ring (bicyclic) bond motifs is 4. The van der Waals surface area contributed by atoms with E-state index in [2.05, 4.69) is 40.7 Å². The minimum absolute atomic E-state index is 0.0143. The molecule has 3 rings (SSSR count). The molecule has 1 heterocycles. The zero-order valence-corrected chi connectivity index (χ0v) is 15.0. The molecule has 0 aromatic carbocycles. The van der Waals surface area contributed by atoms with Crippen molar-refractivity contribution in [3.63, 3.8) is 0 Å². The molecule has 23 heavy (non-hydrogen) atoms. The van der Waals surface area contributed by atoms with Gasteiger partial charge >= 0.3 is 0 Å². The van der Waals surface area contributed by atoms with Gasteiger partial charge in [0.05, 0.1) is 6.10 Å². The van der Waals surface area contributed by atoms with E-state index in [1.54, 1.807) is 6.08 Å². The van der Waals surface area contributed by atoms with E-state index >= 15 is 0 Å². The maximum Gasteiger partial charge on any atom is 0.146 e. The van der Waals surface area contributed by atoms with Crippen LogP contribution < -0.4 is 0 Å². The average Bonchev–Trinajstić information content (AvgIpc) is 2.69. The van der Waals surface area contributed by atoms with E-state index in [0.29, 0.717) is 17.8 Å². The van der Waals surface area contributed by atoms with Crippen molar-refractivity contribution in [1.82, 2.24) is 0 Å². The normalized spacial score (nSPS) is 48.4. The molecule has 1 saturated heterocycles. The standard InChI is InChI=1S/C20H30O3/c1-6-11(2)18-15-10-14-17(12(3)9-13(4)19(14)22)20(18,5)16(23-15)7-8-21/h7-8,10-13,15,17-19,22H,6,9H2,1-5H3/t11-,12-,13+,15+,17+,18+,19-,20-/m1/s1. The Morgan fingerprint density at radius 2 is 2.13 bits per heavy atom. The molecule has 1 N–H and O–H groups in total. The summed E-state index contributed by atoms with van der Waals surface area (Å²) in [4.78, 5) is 11.2. The van der Waals surface area contributed by atoms with Gasteiger partial charge < -0.3 is 9.84 Å². The molecule has 1 saturated carbocycles. The van der Waals surface area contributed by atoms with Gasteiger partial charge in [-0.15, -0.1) is 0 Å². The molecule has 3 aliphatic rings. The van der Waals surface area contributed by atoms with Gasteiger partial charge in [0.2, 0.25) is 0 Å². The molecular formula is C20H30O3. The van der Waals surface area contributed by atoms with Crippen LogP contribution in [-0.2, 0) is 9.53 Å². The summed E-state index contributed by atoms with van der Waals surface area (Å²) in [6, 6.07) is 0. The van der Waals surface area contributed by atoms with Crippen molar-refractivity contribution in [1.29, 1.82) is 0 Å². The van der Waals surface area contributed by atoms with Gasteiger partial charge in [0.15, 0.2) is 0 Å². The van der Waals surface area contributed by atoms with E-state index in [9.17, 15) is 9.90 Å². The van der Waals surface area contributed by atoms with Crippen molar-refractivity contribution >= 4 is 6.29 Å². The molecule has 3 heteroatoms. The first-order valence-corrected chi connectivity index (χ1v) is 9.08. The number of carbonyl (C=O) groups is 1. The van der Waals surface area contributed by atoms with Crippen LogP contribution in [0.5, 0.6) is 0 Å². The lowest BCUT2D eigenvalue weighted by Gasteiger charge is -2.52. The topological polar surface area (TPSA) is 46.5 Å². The highest BCUT2D eigenvalue weighted by Crippen LogP contribution is 2.64. The SMILES string of the molecule is CC[C@@H](C)[C@H]1[C@@H]2C=C3[C@H]([C@H](C)C[C@H](C)[C@H]3O)[C@@]1(C)C(=CC=O)O2. The molecule has 1 aliphatic heterocycles. The van der Waals surface area contributed by atoms with Gasteiger partial charge in [-0.3, -0.25) is 4.79 Å². The minimum atomic E-state index is -0.380. The summed E-state index contributed by atoms with van der Waals surface area (Å²) in [7, 11) is 0. The second-order valence-electron chi connectivity index (χ2n) is 8.22. The second-order valence-corrected chi connectivity index (χ2v) is 8.22. The van der Waals surface area contributed by atoms with E-state index in [1.807, 2.05) is 0 Å². The van der Waals surface area contributed by atoms with Crippen LogP contribution in [-0.4, -0.2) is 23.6 Å². The van der Waals surface area contributed by atoms with E-state index in [4.69, 9.17) is 4.74 Å². The van der Waals surface area contributed by atoms with Gasteiger partial charge in [0.25, 0.3) is 0 Å². The minimum Gasteiger partial charge on any atom is -0.490 e. The zero-order valence-electron chi connectivity index (χ0n) is 15.0. The number of aliphatic hydroxyl groups excluding tert-OH is 1. The number of carbonyl (C=O) groups excluding carboxylic acids is 1. The third-order valence-corrected chi connectivity index (χ3v) is 6.87. The molecule has 3 nitrogen and oxygen atoms in total. The molecule has 0 amide bonds. The molecule has 0 radical (unpaired) electrons. The van der Waals surface area contributed by atoms with E-state index < -0.39 is 0 Å². The van der Waals surface area contributed by atoms with Gasteiger partial charge in [-0.05, 0) is 41.7 Å². The van der Waals surface area contributed by atoms with Crippen LogP contribution in [0.15, 0.2) is 23.5 Å². The maximum atomic E-state index is 11.2. The van der Waals surface area contributed by atoms with Gasteiger partial charge in [0, 0.05) is 17.4 Å². The summed E-state index contributed by atoms with van der Waals surface area (Å²) >= 11 is 0. The summed E-state index contributed by atoms with van der Waals surface area (Å²) in [5, 5.41) is 10.8. The van der Waals surface area contributed by atoms with Crippen LogP contribution in [0.25, 0.3) is 0 Å². The van der Waals surface area contributed by atoms with E-state index in [-0.39, 0.29) is 29.5 Å². The number of hydrogen-bond donors (Lipinski definition) is 1. The highest BCUT2D eigenvalue weighted by Gasteiger charge is 2.62. The van der Waals surface area contributed by atoms with Crippen molar-refractivity contribution in [2.45, 2.75) is 59.7 Å². The first kappa shape index (κ1) is 16.8. The summed E-state index contributed by atoms with van der Waals surface area (Å²) in [6.45, 7) is 11.2. The van der Waals surface area contributed by atoms with Crippen LogP contribution in [0, 0.1) is 35.0 Å². The average molecular weight is 318 g/mol. The number of allylic oxidation sites excluding steroid dienone is 2. The molecule has 8 atom stereocenters. The Hall–Kier alpha value is -1.09. The van der Waals surface area contributed by atoms with Crippen molar-refractivity contribution in [3.05, 3.63) is 23.5 Å². The Morgan fingerprint density at radius 1 is 1.43 bits per heavy atom. The Kier molecular flexibility index (Phi) is 4.20. The first-order valence-electron chi connectivity index (χ1n) is 9.08. The van der Waals surface area contributed by atoms with Gasteiger partial charge in [-0.25, -0.2) is 0 Å². The lowest BCUT2D eigenvalue weighted by atomic mass is 9.51. The summed E-state index contributed by atoms with van der Waals surface area (Å²) < 4.78 is 6.23. The predicted octanol–water partition coefficient (Wildman–Crippen LogP) is 3.73. The molecule has 2 bridgehead atoms. The predicted molar refractivity (Wildman–Crippen MR) is 90.6 cm³/mol. The molecule has 0 spiro atoms. The van der Waals surface area contributed by atoms with Crippen LogP contribution >= 0.6 is 0 Å². The molecule has 0 unspecified atom stereocenters. The van der Waals surface area contributed by atoms with Crippen molar-refractivity contribution < 1.29 is 14.6 Å². The highest BCUT2D eigenvalue weighted by molar-refractivity contribution is 5.66. The Morgan fingerprint density at radius 3 is 2.74 bits per heavy atom. The fraction of sp³-hybridized carbons (Fsp3) is 0.750. The summed E-state index contributed by atoms with van der Waals surface area (Å²) in [5.74, 6) is 2.74. The van der Waals surface area contributed by atoms with Crippen LogP contribution in [0.3, 0.4) is 0 Å². The molecule has 2 fully saturated rings. The third-order valence-electron chi connectivity index (χ3n) is 6.87. The largest absolute Gasteiger partial charge is 0.490 e. The molecule has 2 aliphatic carbocycles. The van der Waals surface area contributed by atoms with Crippen LogP contribution in [0.1, 0.15) is 47.5 Å². The Labute approximate surface area is 139 Å². The number of aldehydes is 1. The molecular weight excluding hydrogens is 288 g/mol. The fourth-order valence-electron chi connectivity index (χ4n) is 5.82. The van der Waals surface area contributed by atoms with Crippen molar-refractivity contribution in [3.8, 4) is 0 Å². The van der Waals surface area contributed by atoms with Gasteiger partial charge in [-0.2, -0.15) is 0 Å². The number of aliphatic hydroxyl groups is 1. The van der Waals surface area contributed by atoms with E-state index in [1.165, 1.54) is 0 Å². The lowest BCUT2D eigenvalue weighted by molar-refractivity contribution is -0.104. The van der Waals surface area contributed by atoms with Gasteiger partial charge in [-0.1, -0.05) is 41.0 Å².